The summed E-state index contributed by atoms with van der Waals surface area (Å²) in [5.41, 5.74) is 2.19. The molecule has 96 valence electrons. The van der Waals surface area contributed by atoms with Gasteiger partial charge in [-0.3, -0.25) is 0 Å². The number of hydrogen-bond acceptors (Lipinski definition) is 2. The summed E-state index contributed by atoms with van der Waals surface area (Å²) < 4.78 is 11.1. The second-order valence-electron chi connectivity index (χ2n) is 5.75. The van der Waals surface area contributed by atoms with E-state index in [2.05, 4.69) is 32.3 Å². The highest BCUT2D eigenvalue weighted by Gasteiger charge is 2.20. The Hall–Kier alpha value is -1.48. The number of hydrogen-bond donors (Lipinski definition) is 0. The van der Waals surface area contributed by atoms with Crippen molar-refractivity contribution < 1.29 is 9.15 Å². The highest BCUT2D eigenvalue weighted by atomic mass is 28.3. The fourth-order valence-corrected chi connectivity index (χ4v) is 3.58. The number of methoxy groups -OCH3 is 1. The van der Waals surface area contributed by atoms with Gasteiger partial charge in [-0.25, -0.2) is 0 Å². The SMILES string of the molecule is C=Cc1oc2ccc(OC)cc2c1C[Si](C)(C)C. The Bertz CT molecular complexity index is 576. The first-order chi connectivity index (χ1) is 8.44. The third-order valence-corrected chi connectivity index (χ3v) is 4.34. The summed E-state index contributed by atoms with van der Waals surface area (Å²) in [5, 5.41) is 1.16. The maximum Gasteiger partial charge on any atom is 0.135 e. The van der Waals surface area contributed by atoms with Crippen LogP contribution in [-0.2, 0) is 6.04 Å². The first-order valence-electron chi connectivity index (χ1n) is 6.16. The molecule has 1 heterocycles. The average molecular weight is 260 g/mol. The van der Waals surface area contributed by atoms with Crippen LogP contribution in [0.15, 0.2) is 29.2 Å². The van der Waals surface area contributed by atoms with E-state index in [0.29, 0.717) is 0 Å². The van der Waals surface area contributed by atoms with E-state index in [-0.39, 0.29) is 0 Å². The first kappa shape index (κ1) is 13.0. The van der Waals surface area contributed by atoms with Crippen molar-refractivity contribution >= 4 is 25.1 Å². The summed E-state index contributed by atoms with van der Waals surface area (Å²) in [6.45, 7) is 10.9. The molecule has 2 aromatic rings. The molecule has 0 amide bonds. The first-order valence-corrected chi connectivity index (χ1v) is 9.87. The number of rotatable bonds is 4. The van der Waals surface area contributed by atoms with Crippen molar-refractivity contribution in [2.75, 3.05) is 7.11 Å². The lowest BCUT2D eigenvalue weighted by molar-refractivity contribution is 0.415. The van der Waals surface area contributed by atoms with Gasteiger partial charge in [0, 0.05) is 19.0 Å². The minimum Gasteiger partial charge on any atom is -0.497 e. The van der Waals surface area contributed by atoms with Crippen molar-refractivity contribution in [2.45, 2.75) is 25.7 Å². The molecule has 1 aromatic carbocycles. The Morgan fingerprint density at radius 3 is 2.61 bits per heavy atom. The van der Waals surface area contributed by atoms with Crippen LogP contribution in [-0.4, -0.2) is 15.2 Å². The van der Waals surface area contributed by atoms with Gasteiger partial charge in [0.05, 0.1) is 7.11 Å². The molecule has 3 heteroatoms. The topological polar surface area (TPSA) is 22.4 Å². The molecule has 0 atom stereocenters. The van der Waals surface area contributed by atoms with E-state index in [4.69, 9.17) is 9.15 Å². The summed E-state index contributed by atoms with van der Waals surface area (Å²) >= 11 is 0. The molecule has 1 aromatic heterocycles. The molecule has 2 rings (SSSR count). The smallest absolute Gasteiger partial charge is 0.135 e. The quantitative estimate of drug-likeness (QED) is 0.755. The van der Waals surface area contributed by atoms with Crippen LogP contribution in [0.3, 0.4) is 0 Å². The Labute approximate surface area is 109 Å². The van der Waals surface area contributed by atoms with E-state index >= 15 is 0 Å². The van der Waals surface area contributed by atoms with Crippen LogP contribution < -0.4 is 4.74 Å². The maximum atomic E-state index is 5.84. The van der Waals surface area contributed by atoms with Crippen LogP contribution in [0, 0.1) is 0 Å². The Morgan fingerprint density at radius 1 is 1.33 bits per heavy atom. The monoisotopic (exact) mass is 260 g/mol. The van der Waals surface area contributed by atoms with Gasteiger partial charge in [-0.05, 0) is 30.3 Å². The summed E-state index contributed by atoms with van der Waals surface area (Å²) in [6, 6.07) is 7.04. The van der Waals surface area contributed by atoms with E-state index in [1.54, 1.807) is 7.11 Å². The van der Waals surface area contributed by atoms with Gasteiger partial charge in [0.15, 0.2) is 0 Å². The van der Waals surface area contributed by atoms with Crippen molar-refractivity contribution in [1.82, 2.24) is 0 Å². The van der Waals surface area contributed by atoms with Gasteiger partial charge < -0.3 is 9.15 Å². The number of ether oxygens (including phenoxy) is 1. The molecule has 0 radical (unpaired) electrons. The molecule has 0 bridgehead atoms. The van der Waals surface area contributed by atoms with Gasteiger partial charge in [0.25, 0.3) is 0 Å². The standard InChI is InChI=1S/C15H20O2Si/c1-6-14-13(10-18(3,4)5)12-9-11(16-2)7-8-15(12)17-14/h6-9H,1,10H2,2-5H3. The molecular weight excluding hydrogens is 240 g/mol. The van der Waals surface area contributed by atoms with Gasteiger partial charge in [0.1, 0.15) is 17.1 Å². The summed E-state index contributed by atoms with van der Waals surface area (Å²) in [7, 11) is 0.486. The molecule has 0 aliphatic heterocycles. The molecule has 0 saturated carbocycles. The van der Waals surface area contributed by atoms with Crippen molar-refractivity contribution in [3.63, 3.8) is 0 Å². The molecule has 0 aliphatic carbocycles. The lowest BCUT2D eigenvalue weighted by Gasteiger charge is -2.15. The van der Waals surface area contributed by atoms with Crippen molar-refractivity contribution in [1.29, 1.82) is 0 Å². The minimum absolute atomic E-state index is 0.871. The highest BCUT2D eigenvalue weighted by molar-refractivity contribution is 6.75. The fraction of sp³-hybridized carbons (Fsp3) is 0.333. The third kappa shape index (κ3) is 2.51. The Kier molecular flexibility index (Phi) is 3.35. The number of furan rings is 1. The van der Waals surface area contributed by atoms with Crippen LogP contribution in [0.5, 0.6) is 5.75 Å². The third-order valence-electron chi connectivity index (χ3n) is 2.92. The van der Waals surface area contributed by atoms with Crippen LogP contribution >= 0.6 is 0 Å². The van der Waals surface area contributed by atoms with Crippen LogP contribution in [0.2, 0.25) is 19.6 Å². The van der Waals surface area contributed by atoms with E-state index < -0.39 is 8.07 Å². The molecule has 18 heavy (non-hydrogen) atoms. The molecule has 2 nitrogen and oxygen atoms in total. The number of benzene rings is 1. The van der Waals surface area contributed by atoms with E-state index in [0.717, 1.165) is 28.5 Å². The minimum atomic E-state index is -1.20. The molecule has 0 N–H and O–H groups in total. The van der Waals surface area contributed by atoms with Crippen LogP contribution in [0.1, 0.15) is 11.3 Å². The van der Waals surface area contributed by atoms with E-state index in [1.165, 1.54) is 5.56 Å². The molecule has 0 saturated heterocycles. The number of fused-ring (bicyclic) bond motifs is 1. The fourth-order valence-electron chi connectivity index (χ4n) is 2.15. The zero-order valence-electron chi connectivity index (χ0n) is 11.5. The van der Waals surface area contributed by atoms with E-state index in [9.17, 15) is 0 Å². The largest absolute Gasteiger partial charge is 0.497 e. The lowest BCUT2D eigenvalue weighted by atomic mass is 10.1. The lowest BCUT2D eigenvalue weighted by Crippen LogP contribution is -2.24. The normalized spacial score (nSPS) is 11.8. The summed E-state index contributed by atoms with van der Waals surface area (Å²) in [4.78, 5) is 0. The second kappa shape index (κ2) is 4.65. The zero-order valence-corrected chi connectivity index (χ0v) is 12.5. The van der Waals surface area contributed by atoms with Gasteiger partial charge in [-0.1, -0.05) is 26.2 Å². The van der Waals surface area contributed by atoms with Gasteiger partial charge in [0.2, 0.25) is 0 Å². The molecule has 0 spiro atoms. The summed E-state index contributed by atoms with van der Waals surface area (Å²) in [6.07, 6.45) is 1.81. The molecule has 0 aliphatic rings. The van der Waals surface area contributed by atoms with Crippen LogP contribution in [0.4, 0.5) is 0 Å². The average Bonchev–Trinajstić information content (AvgIpc) is 2.64. The van der Waals surface area contributed by atoms with Crippen molar-refractivity contribution in [2.24, 2.45) is 0 Å². The van der Waals surface area contributed by atoms with Gasteiger partial charge in [-0.15, -0.1) is 0 Å². The van der Waals surface area contributed by atoms with Gasteiger partial charge in [-0.2, -0.15) is 0 Å². The van der Waals surface area contributed by atoms with Crippen LogP contribution in [0.25, 0.3) is 17.0 Å². The highest BCUT2D eigenvalue weighted by Crippen LogP contribution is 2.32. The Morgan fingerprint density at radius 2 is 2.06 bits per heavy atom. The molecular formula is C15H20O2Si. The second-order valence-corrected chi connectivity index (χ2v) is 11.2. The summed E-state index contributed by atoms with van der Waals surface area (Å²) in [5.74, 6) is 1.77. The predicted octanol–water partition coefficient (Wildman–Crippen LogP) is 4.50. The van der Waals surface area contributed by atoms with Crippen molar-refractivity contribution in [3.8, 4) is 5.75 Å². The zero-order chi connectivity index (χ0) is 13.3. The molecule has 0 fully saturated rings. The van der Waals surface area contributed by atoms with Crippen molar-refractivity contribution in [3.05, 3.63) is 36.1 Å². The molecule has 0 unspecified atom stereocenters. The van der Waals surface area contributed by atoms with Gasteiger partial charge >= 0.3 is 0 Å². The van der Waals surface area contributed by atoms with E-state index in [1.807, 2.05) is 18.2 Å². The predicted molar refractivity (Wildman–Crippen MR) is 79.9 cm³/mol. The Balaban J connectivity index is 2.62. The maximum absolute atomic E-state index is 5.84.